The molecule has 2 aromatic rings. The molecule has 0 saturated carbocycles. The molecular weight excluding hydrogens is 446 g/mol. The molecule has 1 atom stereocenters. The number of benzene rings is 2. The van der Waals surface area contributed by atoms with E-state index in [2.05, 4.69) is 26.0 Å². The number of aromatic hydroxyl groups is 1. The molecule has 180 valence electrons. The minimum Gasteiger partial charge on any atom is -0.508 e. The van der Waals surface area contributed by atoms with Gasteiger partial charge >= 0.3 is 24.3 Å². The topological polar surface area (TPSA) is 94.8 Å². The van der Waals surface area contributed by atoms with Crippen LogP contribution in [0.25, 0.3) is 10.8 Å². The summed E-state index contributed by atoms with van der Waals surface area (Å²) >= 11 is 0. The summed E-state index contributed by atoms with van der Waals surface area (Å²) in [5.74, 6) is -4.65. The monoisotopic (exact) mass is 470 g/mol. The number of carboxylic acid groups (broad SMARTS) is 2. The summed E-state index contributed by atoms with van der Waals surface area (Å²) in [5.41, 5.74) is 1.12. The zero-order chi connectivity index (χ0) is 25.1. The first-order valence-corrected chi connectivity index (χ1v) is 9.43. The highest BCUT2D eigenvalue weighted by molar-refractivity contribution is 5.88. The normalized spacial score (nSPS) is 12.1. The van der Waals surface area contributed by atoms with Crippen LogP contribution in [0.1, 0.15) is 51.0 Å². The van der Waals surface area contributed by atoms with Crippen molar-refractivity contribution in [1.82, 2.24) is 0 Å². The van der Waals surface area contributed by atoms with Crippen LogP contribution < -0.4 is 0 Å². The van der Waals surface area contributed by atoms with E-state index < -0.39 is 24.3 Å². The smallest absolute Gasteiger partial charge is 0.490 e. The van der Waals surface area contributed by atoms with Crippen LogP contribution in [0.3, 0.4) is 0 Å². The van der Waals surface area contributed by atoms with Gasteiger partial charge in [0, 0.05) is 5.56 Å². The van der Waals surface area contributed by atoms with Crippen molar-refractivity contribution in [2.75, 3.05) is 0 Å². The Kier molecular flexibility index (Phi) is 11.6. The van der Waals surface area contributed by atoms with Crippen molar-refractivity contribution >= 4 is 22.7 Å². The van der Waals surface area contributed by atoms with E-state index in [0.717, 1.165) is 12.0 Å². The van der Waals surface area contributed by atoms with Gasteiger partial charge in [-0.05, 0) is 29.2 Å². The molecule has 2 aromatic carbocycles. The molecule has 5 nitrogen and oxygen atoms in total. The summed E-state index contributed by atoms with van der Waals surface area (Å²) in [6, 6.07) is 12.1. The Morgan fingerprint density at radius 3 is 1.78 bits per heavy atom. The zero-order valence-corrected chi connectivity index (χ0v) is 17.3. The van der Waals surface area contributed by atoms with E-state index >= 15 is 0 Å². The van der Waals surface area contributed by atoms with Gasteiger partial charge in [0.05, 0.1) is 0 Å². The van der Waals surface area contributed by atoms with Crippen LogP contribution in [0, 0.1) is 0 Å². The Morgan fingerprint density at radius 2 is 1.34 bits per heavy atom. The molecule has 3 N–H and O–H groups in total. The molecule has 0 aromatic heterocycles. The first-order valence-electron chi connectivity index (χ1n) is 9.43. The van der Waals surface area contributed by atoms with E-state index in [0.29, 0.717) is 11.7 Å². The molecule has 0 heterocycles. The lowest BCUT2D eigenvalue weighted by molar-refractivity contribution is -0.193. The molecule has 1 unspecified atom stereocenters. The molecular formula is C21H24F6O5. The van der Waals surface area contributed by atoms with Gasteiger partial charge in [0.1, 0.15) is 5.75 Å². The number of carbonyl (C=O) groups is 2. The molecule has 0 spiro atoms. The minimum absolute atomic E-state index is 0.419. The van der Waals surface area contributed by atoms with Gasteiger partial charge < -0.3 is 15.3 Å². The number of alkyl halides is 6. The summed E-state index contributed by atoms with van der Waals surface area (Å²) in [6.07, 6.45) is -5.26. The summed E-state index contributed by atoms with van der Waals surface area (Å²) in [6.45, 7) is 4.44. The fraction of sp³-hybridized carbons (Fsp3) is 0.429. The van der Waals surface area contributed by atoms with Crippen molar-refractivity contribution < 1.29 is 51.3 Å². The summed E-state index contributed by atoms with van der Waals surface area (Å²) in [4.78, 5) is 17.8. The number of carboxylic acids is 2. The van der Waals surface area contributed by atoms with Crippen molar-refractivity contribution in [3.05, 3.63) is 42.0 Å². The predicted molar refractivity (Wildman–Crippen MR) is 106 cm³/mol. The predicted octanol–water partition coefficient (Wildman–Crippen LogP) is 6.50. The fourth-order valence-corrected chi connectivity index (χ4v) is 2.65. The van der Waals surface area contributed by atoms with Crippen LogP contribution in [0.4, 0.5) is 26.3 Å². The molecule has 11 heteroatoms. The summed E-state index contributed by atoms with van der Waals surface area (Å²) in [7, 11) is 0. The Balaban J connectivity index is 0.000000570. The number of halogens is 6. The number of hydrogen-bond acceptors (Lipinski definition) is 3. The van der Waals surface area contributed by atoms with E-state index in [1.807, 2.05) is 24.3 Å². The number of phenolic OH excluding ortho intramolecular Hbond substituents is 1. The van der Waals surface area contributed by atoms with E-state index in [-0.39, 0.29) is 0 Å². The van der Waals surface area contributed by atoms with Gasteiger partial charge in [-0.1, -0.05) is 63.4 Å². The van der Waals surface area contributed by atoms with Crippen LogP contribution >= 0.6 is 0 Å². The number of unbranched alkanes of at least 4 members (excludes halogenated alkanes) is 2. The molecule has 0 bridgehead atoms. The quantitative estimate of drug-likeness (QED) is 0.343. The highest BCUT2D eigenvalue weighted by Crippen LogP contribution is 2.35. The number of fused-ring (bicyclic) bond motifs is 1. The van der Waals surface area contributed by atoms with Gasteiger partial charge in [0.2, 0.25) is 0 Å². The highest BCUT2D eigenvalue weighted by Gasteiger charge is 2.38. The second-order valence-corrected chi connectivity index (χ2v) is 6.72. The van der Waals surface area contributed by atoms with Gasteiger partial charge in [0.25, 0.3) is 0 Å². The van der Waals surface area contributed by atoms with Crippen LogP contribution in [-0.4, -0.2) is 39.6 Å². The van der Waals surface area contributed by atoms with Gasteiger partial charge in [-0.2, -0.15) is 26.3 Å². The maximum atomic E-state index is 10.6. The van der Waals surface area contributed by atoms with Crippen molar-refractivity contribution in [2.24, 2.45) is 0 Å². The van der Waals surface area contributed by atoms with Gasteiger partial charge in [-0.15, -0.1) is 0 Å². The minimum atomic E-state index is -5.08. The van der Waals surface area contributed by atoms with Crippen molar-refractivity contribution in [2.45, 2.75) is 57.8 Å². The summed E-state index contributed by atoms with van der Waals surface area (Å²) < 4.78 is 63.5. The lowest BCUT2D eigenvalue weighted by Gasteiger charge is -2.16. The van der Waals surface area contributed by atoms with Crippen molar-refractivity contribution in [3.8, 4) is 5.75 Å². The standard InChI is InChI=1S/C17H22O.2C2HF3O2/c1-3-4-5-8-13(2)17-15-10-7-6-9-14(15)11-12-16(17)18;2*3-2(4,5)1(6)7/h6-7,9-13,18H,3-5,8H2,1-2H3;2*(H,6,7). The molecule has 32 heavy (non-hydrogen) atoms. The van der Waals surface area contributed by atoms with Crippen LogP contribution in [0.15, 0.2) is 36.4 Å². The molecule has 2 rings (SSSR count). The van der Waals surface area contributed by atoms with Crippen molar-refractivity contribution in [3.63, 3.8) is 0 Å². The first-order chi connectivity index (χ1) is 14.6. The number of phenols is 1. The van der Waals surface area contributed by atoms with Gasteiger partial charge in [-0.3, -0.25) is 0 Å². The van der Waals surface area contributed by atoms with E-state index in [9.17, 15) is 31.4 Å². The van der Waals surface area contributed by atoms with E-state index in [4.69, 9.17) is 19.8 Å². The number of aliphatic carboxylic acids is 2. The van der Waals surface area contributed by atoms with E-state index in [1.54, 1.807) is 0 Å². The maximum absolute atomic E-state index is 10.6. The second kappa shape index (κ2) is 12.8. The highest BCUT2D eigenvalue weighted by atomic mass is 19.4. The molecule has 0 aliphatic heterocycles. The largest absolute Gasteiger partial charge is 0.508 e. The molecule has 0 aliphatic carbocycles. The molecule has 0 radical (unpaired) electrons. The van der Waals surface area contributed by atoms with Gasteiger partial charge in [-0.25, -0.2) is 9.59 Å². The van der Waals surface area contributed by atoms with Crippen LogP contribution in [-0.2, 0) is 9.59 Å². The lowest BCUT2D eigenvalue weighted by Crippen LogP contribution is -2.21. The number of hydrogen-bond donors (Lipinski definition) is 3. The van der Waals surface area contributed by atoms with Crippen molar-refractivity contribution in [1.29, 1.82) is 0 Å². The molecule has 0 amide bonds. The third-order valence-electron chi connectivity index (χ3n) is 4.17. The fourth-order valence-electron chi connectivity index (χ4n) is 2.65. The zero-order valence-electron chi connectivity index (χ0n) is 17.3. The Labute approximate surface area is 180 Å². The Hall–Kier alpha value is -2.98. The summed E-state index contributed by atoms with van der Waals surface area (Å²) in [5, 5.41) is 26.8. The van der Waals surface area contributed by atoms with Gasteiger partial charge in [0.15, 0.2) is 0 Å². The van der Waals surface area contributed by atoms with E-state index in [1.165, 1.54) is 30.0 Å². The third kappa shape index (κ3) is 10.4. The van der Waals surface area contributed by atoms with Crippen LogP contribution in [0.5, 0.6) is 5.75 Å². The van der Waals surface area contributed by atoms with Crippen LogP contribution in [0.2, 0.25) is 0 Å². The first kappa shape index (κ1) is 29.0. The molecule has 0 saturated heterocycles. The average Bonchev–Trinajstić information content (AvgIpc) is 2.67. The maximum Gasteiger partial charge on any atom is 0.490 e. The average molecular weight is 470 g/mol. The molecule has 0 aliphatic rings. The Bertz CT molecular complexity index is 853. The number of rotatable bonds is 5. The molecule has 0 fully saturated rings. The second-order valence-electron chi connectivity index (χ2n) is 6.72. The lowest BCUT2D eigenvalue weighted by atomic mass is 9.90. The third-order valence-corrected chi connectivity index (χ3v) is 4.17. The SMILES string of the molecule is CCCCCC(C)c1c(O)ccc2ccccc12.O=C(O)C(F)(F)F.O=C(O)C(F)(F)F. The Morgan fingerprint density at radius 1 is 0.875 bits per heavy atom.